The van der Waals surface area contributed by atoms with Crippen molar-refractivity contribution in [2.45, 2.75) is 27.3 Å². The Labute approximate surface area is 120 Å². The van der Waals surface area contributed by atoms with Crippen LogP contribution in [0.15, 0.2) is 30.5 Å². The molecule has 0 spiro atoms. The van der Waals surface area contributed by atoms with Gasteiger partial charge in [0.2, 0.25) is 5.95 Å². The molecule has 1 N–H and O–H groups in total. The maximum Gasteiger partial charge on any atom is 0.224 e. The normalized spacial score (nSPS) is 10.4. The van der Waals surface area contributed by atoms with Crippen LogP contribution in [0.3, 0.4) is 0 Å². The molecule has 4 nitrogen and oxygen atoms in total. The number of aryl methyl sites for hydroxylation is 2. The van der Waals surface area contributed by atoms with Gasteiger partial charge in [-0.2, -0.15) is 4.98 Å². The molecule has 0 fully saturated rings. The molecule has 0 unspecified atom stereocenters. The molecule has 0 atom stereocenters. The van der Waals surface area contributed by atoms with Crippen LogP contribution < -0.4 is 10.2 Å². The highest BCUT2D eigenvalue weighted by Gasteiger charge is 2.09. The molecular formula is C16H22N4. The Hall–Kier alpha value is -2.10. The SMILES string of the molecule is CCNc1ncc(C)c(N(C)Cc2cccc(C)c2)n1. The van der Waals surface area contributed by atoms with Crippen LogP contribution in [-0.4, -0.2) is 23.6 Å². The summed E-state index contributed by atoms with van der Waals surface area (Å²) < 4.78 is 0. The average Bonchev–Trinajstić information content (AvgIpc) is 2.41. The van der Waals surface area contributed by atoms with Crippen LogP contribution >= 0.6 is 0 Å². The first kappa shape index (κ1) is 14.3. The number of anilines is 2. The van der Waals surface area contributed by atoms with E-state index in [1.54, 1.807) is 0 Å². The van der Waals surface area contributed by atoms with E-state index in [1.807, 2.05) is 20.0 Å². The van der Waals surface area contributed by atoms with Crippen molar-refractivity contribution < 1.29 is 0 Å². The van der Waals surface area contributed by atoms with Crippen LogP contribution in [0.1, 0.15) is 23.6 Å². The van der Waals surface area contributed by atoms with Crippen molar-refractivity contribution in [2.75, 3.05) is 23.8 Å². The van der Waals surface area contributed by atoms with Gasteiger partial charge in [0.15, 0.2) is 0 Å². The summed E-state index contributed by atoms with van der Waals surface area (Å²) >= 11 is 0. The van der Waals surface area contributed by atoms with Crippen molar-refractivity contribution >= 4 is 11.8 Å². The molecule has 0 aliphatic heterocycles. The number of nitrogens with zero attached hydrogens (tertiary/aromatic N) is 3. The number of aromatic nitrogens is 2. The largest absolute Gasteiger partial charge is 0.355 e. The quantitative estimate of drug-likeness (QED) is 0.906. The fraction of sp³-hybridized carbons (Fsp3) is 0.375. The number of hydrogen-bond acceptors (Lipinski definition) is 4. The van der Waals surface area contributed by atoms with Gasteiger partial charge in [0.1, 0.15) is 5.82 Å². The molecule has 0 bridgehead atoms. The van der Waals surface area contributed by atoms with E-state index in [9.17, 15) is 0 Å². The Bertz CT molecular complexity index is 580. The van der Waals surface area contributed by atoms with E-state index in [1.165, 1.54) is 11.1 Å². The minimum Gasteiger partial charge on any atom is -0.355 e. The van der Waals surface area contributed by atoms with Crippen LogP contribution in [0.4, 0.5) is 11.8 Å². The van der Waals surface area contributed by atoms with Gasteiger partial charge in [-0.05, 0) is 26.3 Å². The zero-order valence-electron chi connectivity index (χ0n) is 12.6. The van der Waals surface area contributed by atoms with E-state index in [0.29, 0.717) is 5.95 Å². The van der Waals surface area contributed by atoms with E-state index in [4.69, 9.17) is 0 Å². The van der Waals surface area contributed by atoms with Crippen molar-refractivity contribution in [1.82, 2.24) is 9.97 Å². The lowest BCUT2D eigenvalue weighted by molar-refractivity contribution is 0.880. The first-order valence-electron chi connectivity index (χ1n) is 6.94. The number of nitrogens with one attached hydrogen (secondary N) is 1. The summed E-state index contributed by atoms with van der Waals surface area (Å²) in [6, 6.07) is 8.56. The van der Waals surface area contributed by atoms with Crippen molar-refractivity contribution in [3.8, 4) is 0 Å². The standard InChI is InChI=1S/C16H22N4/c1-5-17-16-18-10-13(3)15(19-16)20(4)11-14-8-6-7-12(2)9-14/h6-10H,5,11H2,1-4H3,(H,17,18,19). The van der Waals surface area contributed by atoms with Gasteiger partial charge in [0, 0.05) is 31.9 Å². The Morgan fingerprint density at radius 3 is 2.75 bits per heavy atom. The summed E-state index contributed by atoms with van der Waals surface area (Å²) in [5.41, 5.74) is 3.65. The van der Waals surface area contributed by atoms with Crippen molar-refractivity contribution in [3.63, 3.8) is 0 Å². The summed E-state index contributed by atoms with van der Waals surface area (Å²) in [4.78, 5) is 11.0. The molecule has 2 aromatic rings. The van der Waals surface area contributed by atoms with Crippen molar-refractivity contribution in [2.24, 2.45) is 0 Å². The minimum atomic E-state index is 0.684. The van der Waals surface area contributed by atoms with Crippen LogP contribution in [0, 0.1) is 13.8 Å². The van der Waals surface area contributed by atoms with E-state index in [2.05, 4.69) is 58.4 Å². The number of rotatable bonds is 5. The van der Waals surface area contributed by atoms with E-state index >= 15 is 0 Å². The zero-order chi connectivity index (χ0) is 14.5. The lowest BCUT2D eigenvalue weighted by Crippen LogP contribution is -2.20. The molecule has 1 heterocycles. The maximum absolute atomic E-state index is 4.58. The molecule has 1 aromatic heterocycles. The highest BCUT2D eigenvalue weighted by Crippen LogP contribution is 2.19. The van der Waals surface area contributed by atoms with Crippen LogP contribution in [0.5, 0.6) is 0 Å². The molecule has 2 rings (SSSR count). The van der Waals surface area contributed by atoms with Gasteiger partial charge >= 0.3 is 0 Å². The highest BCUT2D eigenvalue weighted by atomic mass is 15.2. The van der Waals surface area contributed by atoms with Crippen molar-refractivity contribution in [1.29, 1.82) is 0 Å². The Kier molecular flexibility index (Phi) is 4.56. The molecule has 0 aliphatic rings. The molecule has 0 aliphatic carbocycles. The van der Waals surface area contributed by atoms with Crippen LogP contribution in [-0.2, 0) is 6.54 Å². The maximum atomic E-state index is 4.58. The smallest absolute Gasteiger partial charge is 0.224 e. The Morgan fingerprint density at radius 1 is 1.25 bits per heavy atom. The molecule has 0 saturated carbocycles. The van der Waals surface area contributed by atoms with Gasteiger partial charge in [-0.15, -0.1) is 0 Å². The third-order valence-corrected chi connectivity index (χ3v) is 3.14. The molecule has 1 aromatic carbocycles. The minimum absolute atomic E-state index is 0.684. The predicted molar refractivity (Wildman–Crippen MR) is 84.2 cm³/mol. The topological polar surface area (TPSA) is 41.1 Å². The van der Waals surface area contributed by atoms with E-state index in [-0.39, 0.29) is 0 Å². The van der Waals surface area contributed by atoms with Gasteiger partial charge < -0.3 is 10.2 Å². The van der Waals surface area contributed by atoms with Gasteiger partial charge in [0.25, 0.3) is 0 Å². The van der Waals surface area contributed by atoms with E-state index < -0.39 is 0 Å². The fourth-order valence-electron chi connectivity index (χ4n) is 2.22. The van der Waals surface area contributed by atoms with Gasteiger partial charge in [-0.1, -0.05) is 29.8 Å². The lowest BCUT2D eigenvalue weighted by Gasteiger charge is -2.21. The van der Waals surface area contributed by atoms with Crippen LogP contribution in [0.2, 0.25) is 0 Å². The summed E-state index contributed by atoms with van der Waals surface area (Å²) in [5.74, 6) is 1.65. The first-order chi connectivity index (χ1) is 9.60. The summed E-state index contributed by atoms with van der Waals surface area (Å²) in [5, 5.41) is 3.15. The Balaban J connectivity index is 2.19. The lowest BCUT2D eigenvalue weighted by atomic mass is 10.1. The summed E-state index contributed by atoms with van der Waals surface area (Å²) in [6.07, 6.45) is 1.87. The van der Waals surface area contributed by atoms with Crippen LogP contribution in [0.25, 0.3) is 0 Å². The fourth-order valence-corrected chi connectivity index (χ4v) is 2.22. The Morgan fingerprint density at radius 2 is 2.05 bits per heavy atom. The molecule has 106 valence electrons. The molecule has 0 amide bonds. The molecule has 20 heavy (non-hydrogen) atoms. The number of hydrogen-bond donors (Lipinski definition) is 1. The summed E-state index contributed by atoms with van der Waals surface area (Å²) in [6.45, 7) is 7.86. The third kappa shape index (κ3) is 3.47. The first-order valence-corrected chi connectivity index (χ1v) is 6.94. The number of benzene rings is 1. The molecular weight excluding hydrogens is 248 g/mol. The second kappa shape index (κ2) is 6.37. The molecule has 4 heteroatoms. The zero-order valence-corrected chi connectivity index (χ0v) is 12.6. The molecule has 0 saturated heterocycles. The van der Waals surface area contributed by atoms with Gasteiger partial charge in [-0.3, -0.25) is 0 Å². The van der Waals surface area contributed by atoms with E-state index in [0.717, 1.165) is 24.5 Å². The monoisotopic (exact) mass is 270 g/mol. The van der Waals surface area contributed by atoms with Gasteiger partial charge in [-0.25, -0.2) is 4.98 Å². The third-order valence-electron chi connectivity index (χ3n) is 3.14. The highest BCUT2D eigenvalue weighted by molar-refractivity contribution is 5.48. The second-order valence-electron chi connectivity index (χ2n) is 5.08. The average molecular weight is 270 g/mol. The predicted octanol–water partition coefficient (Wildman–Crippen LogP) is 3.16. The molecule has 0 radical (unpaired) electrons. The summed E-state index contributed by atoms with van der Waals surface area (Å²) in [7, 11) is 2.06. The van der Waals surface area contributed by atoms with Gasteiger partial charge in [0.05, 0.1) is 0 Å². The second-order valence-corrected chi connectivity index (χ2v) is 5.08. The van der Waals surface area contributed by atoms with Crippen molar-refractivity contribution in [3.05, 3.63) is 47.2 Å².